The lowest BCUT2D eigenvalue weighted by Gasteiger charge is -2.24. The number of hydrogen-bond acceptors (Lipinski definition) is 4. The summed E-state index contributed by atoms with van der Waals surface area (Å²) in [5.74, 6) is -0.249. The predicted molar refractivity (Wildman–Crippen MR) is 113 cm³/mol. The second kappa shape index (κ2) is 10.8. The van der Waals surface area contributed by atoms with E-state index in [9.17, 15) is 14.7 Å². The Kier molecular flexibility index (Phi) is 8.49. The summed E-state index contributed by atoms with van der Waals surface area (Å²) in [5.41, 5.74) is 1.00. The summed E-state index contributed by atoms with van der Waals surface area (Å²) in [6, 6.07) is 12.8. The van der Waals surface area contributed by atoms with Gasteiger partial charge in [0.1, 0.15) is 11.8 Å². The van der Waals surface area contributed by atoms with Crippen LogP contribution in [0, 0.1) is 5.92 Å². The number of carbonyl (C=O) groups is 2. The summed E-state index contributed by atoms with van der Waals surface area (Å²) in [5, 5.41) is 16.5. The van der Waals surface area contributed by atoms with Crippen molar-refractivity contribution in [2.75, 3.05) is 13.7 Å². The first-order chi connectivity index (χ1) is 13.9. The third-order valence-electron chi connectivity index (χ3n) is 4.86. The quantitative estimate of drug-likeness (QED) is 0.582. The molecular weight excluding hydrogens is 392 g/mol. The van der Waals surface area contributed by atoms with Gasteiger partial charge in [-0.3, -0.25) is 9.59 Å². The molecule has 3 unspecified atom stereocenters. The van der Waals surface area contributed by atoms with Gasteiger partial charge in [0.2, 0.25) is 5.91 Å². The van der Waals surface area contributed by atoms with Crippen LogP contribution in [-0.2, 0) is 4.79 Å². The number of para-hydroxylation sites is 1. The van der Waals surface area contributed by atoms with Gasteiger partial charge in [0, 0.05) is 22.7 Å². The first kappa shape index (κ1) is 22.7. The summed E-state index contributed by atoms with van der Waals surface area (Å²) in [4.78, 5) is 25.3. The fourth-order valence-electron chi connectivity index (χ4n) is 2.89. The number of hydrogen-bond donors (Lipinski definition) is 3. The maximum atomic E-state index is 12.8. The van der Waals surface area contributed by atoms with Gasteiger partial charge in [-0.2, -0.15) is 0 Å². The highest BCUT2D eigenvalue weighted by atomic mass is 35.5. The molecule has 0 aromatic heterocycles. The van der Waals surface area contributed by atoms with E-state index in [1.165, 1.54) is 7.11 Å². The van der Waals surface area contributed by atoms with Crippen LogP contribution in [0.4, 0.5) is 0 Å². The minimum Gasteiger partial charge on any atom is -0.496 e. The van der Waals surface area contributed by atoms with Gasteiger partial charge in [-0.25, -0.2) is 0 Å². The van der Waals surface area contributed by atoms with Gasteiger partial charge in [-0.05, 0) is 36.2 Å². The highest BCUT2D eigenvalue weighted by Gasteiger charge is 2.27. The molecule has 0 saturated heterocycles. The maximum Gasteiger partial charge on any atom is 0.251 e. The van der Waals surface area contributed by atoms with Crippen molar-refractivity contribution in [1.29, 1.82) is 0 Å². The zero-order valence-electron chi connectivity index (χ0n) is 16.8. The van der Waals surface area contributed by atoms with Gasteiger partial charge < -0.3 is 20.5 Å². The van der Waals surface area contributed by atoms with E-state index in [-0.39, 0.29) is 24.3 Å². The Balaban J connectivity index is 2.04. The van der Waals surface area contributed by atoms with Crippen LogP contribution in [0.2, 0.25) is 5.02 Å². The van der Waals surface area contributed by atoms with Crippen molar-refractivity contribution in [3.05, 3.63) is 64.7 Å². The van der Waals surface area contributed by atoms with E-state index in [2.05, 4.69) is 10.6 Å². The number of aliphatic hydroxyl groups excluding tert-OH is 1. The molecule has 0 spiro atoms. The maximum absolute atomic E-state index is 12.8. The molecule has 0 aliphatic heterocycles. The van der Waals surface area contributed by atoms with Crippen molar-refractivity contribution in [3.63, 3.8) is 0 Å². The van der Waals surface area contributed by atoms with Gasteiger partial charge in [0.15, 0.2) is 0 Å². The first-order valence-corrected chi connectivity index (χ1v) is 9.90. The van der Waals surface area contributed by atoms with E-state index in [0.717, 1.165) is 0 Å². The summed E-state index contributed by atoms with van der Waals surface area (Å²) in [6.07, 6.45) is -0.228. The summed E-state index contributed by atoms with van der Waals surface area (Å²) in [6.45, 7) is 3.84. The first-order valence-electron chi connectivity index (χ1n) is 9.52. The minimum absolute atomic E-state index is 0.00293. The van der Waals surface area contributed by atoms with Crippen molar-refractivity contribution in [3.8, 4) is 5.75 Å². The molecule has 156 valence electrons. The zero-order chi connectivity index (χ0) is 21.4. The van der Waals surface area contributed by atoms with Crippen LogP contribution in [-0.4, -0.2) is 36.6 Å². The van der Waals surface area contributed by atoms with E-state index in [1.807, 2.05) is 13.8 Å². The predicted octanol–water partition coefficient (Wildman–Crippen LogP) is 3.34. The molecule has 3 atom stereocenters. The second-order valence-corrected chi connectivity index (χ2v) is 7.28. The highest BCUT2D eigenvalue weighted by Crippen LogP contribution is 2.24. The van der Waals surface area contributed by atoms with E-state index >= 15 is 0 Å². The average Bonchev–Trinajstić information content (AvgIpc) is 2.75. The molecule has 0 radical (unpaired) electrons. The van der Waals surface area contributed by atoms with Gasteiger partial charge in [0.05, 0.1) is 13.2 Å². The Morgan fingerprint density at radius 1 is 1.14 bits per heavy atom. The Hall–Kier alpha value is -2.57. The lowest BCUT2D eigenvalue weighted by molar-refractivity contribution is -0.124. The number of aliphatic hydroxyl groups is 1. The third kappa shape index (κ3) is 6.21. The molecule has 0 bridgehead atoms. The number of rotatable bonds is 9. The number of halogens is 1. The number of ether oxygens (including phenoxy) is 1. The van der Waals surface area contributed by atoms with Crippen LogP contribution in [0.3, 0.4) is 0 Å². The molecule has 2 aromatic carbocycles. The number of amides is 2. The molecule has 0 aliphatic rings. The topological polar surface area (TPSA) is 87.7 Å². The van der Waals surface area contributed by atoms with E-state index < -0.39 is 12.1 Å². The van der Waals surface area contributed by atoms with Crippen LogP contribution < -0.4 is 15.4 Å². The molecule has 6 nitrogen and oxygen atoms in total. The SMILES string of the molecule is CCC(C)C(NC(=O)c1ccc(Cl)cc1)C(=O)NCC(O)c1ccccc1OC. The van der Waals surface area contributed by atoms with Crippen molar-refractivity contribution in [1.82, 2.24) is 10.6 Å². The molecule has 29 heavy (non-hydrogen) atoms. The van der Waals surface area contributed by atoms with Crippen molar-refractivity contribution in [2.45, 2.75) is 32.4 Å². The second-order valence-electron chi connectivity index (χ2n) is 6.85. The highest BCUT2D eigenvalue weighted by molar-refractivity contribution is 6.30. The Bertz CT molecular complexity index is 826. The normalized spacial score (nSPS) is 13.8. The lowest BCUT2D eigenvalue weighted by atomic mass is 9.97. The van der Waals surface area contributed by atoms with Crippen molar-refractivity contribution >= 4 is 23.4 Å². The van der Waals surface area contributed by atoms with Crippen LogP contribution >= 0.6 is 11.6 Å². The average molecular weight is 419 g/mol. The molecule has 0 aliphatic carbocycles. The fraction of sp³-hybridized carbons (Fsp3) is 0.364. The number of methoxy groups -OCH3 is 1. The Labute approximate surface area is 176 Å². The lowest BCUT2D eigenvalue weighted by Crippen LogP contribution is -2.50. The molecule has 0 heterocycles. The largest absolute Gasteiger partial charge is 0.496 e. The number of nitrogens with one attached hydrogen (secondary N) is 2. The summed E-state index contributed by atoms with van der Waals surface area (Å²) in [7, 11) is 1.52. The molecule has 2 aromatic rings. The Morgan fingerprint density at radius 2 is 1.79 bits per heavy atom. The van der Waals surface area contributed by atoms with Gasteiger partial charge in [0.25, 0.3) is 5.91 Å². The van der Waals surface area contributed by atoms with Crippen LogP contribution in [0.5, 0.6) is 5.75 Å². The standard InChI is InChI=1S/C22H27ClN2O4/c1-4-14(2)20(25-21(27)15-9-11-16(23)12-10-15)22(28)24-13-18(26)17-7-5-6-8-19(17)29-3/h5-12,14,18,20,26H,4,13H2,1-3H3,(H,24,28)(H,25,27). The van der Waals surface area contributed by atoms with E-state index in [1.54, 1.807) is 48.5 Å². The molecular formula is C22H27ClN2O4. The molecule has 0 fully saturated rings. The van der Waals surface area contributed by atoms with Gasteiger partial charge >= 0.3 is 0 Å². The van der Waals surface area contributed by atoms with E-state index in [0.29, 0.717) is 28.3 Å². The molecule has 3 N–H and O–H groups in total. The van der Waals surface area contributed by atoms with E-state index in [4.69, 9.17) is 16.3 Å². The van der Waals surface area contributed by atoms with Gasteiger partial charge in [-0.1, -0.05) is 50.1 Å². The van der Waals surface area contributed by atoms with Crippen LogP contribution in [0.25, 0.3) is 0 Å². The number of carbonyl (C=O) groups excluding carboxylic acids is 2. The van der Waals surface area contributed by atoms with Crippen molar-refractivity contribution < 1.29 is 19.4 Å². The zero-order valence-corrected chi connectivity index (χ0v) is 17.6. The number of benzene rings is 2. The fourth-order valence-corrected chi connectivity index (χ4v) is 3.01. The monoisotopic (exact) mass is 418 g/mol. The van der Waals surface area contributed by atoms with Gasteiger partial charge in [-0.15, -0.1) is 0 Å². The molecule has 2 amide bonds. The molecule has 2 rings (SSSR count). The van der Waals surface area contributed by atoms with Crippen molar-refractivity contribution in [2.24, 2.45) is 5.92 Å². The molecule has 0 saturated carbocycles. The van der Waals surface area contributed by atoms with Crippen LogP contribution in [0.1, 0.15) is 42.3 Å². The molecule has 7 heteroatoms. The summed E-state index contributed by atoms with van der Waals surface area (Å²) < 4.78 is 5.25. The smallest absolute Gasteiger partial charge is 0.251 e. The minimum atomic E-state index is -0.931. The summed E-state index contributed by atoms with van der Waals surface area (Å²) >= 11 is 5.86. The van der Waals surface area contributed by atoms with Crippen LogP contribution in [0.15, 0.2) is 48.5 Å². The Morgan fingerprint density at radius 3 is 2.41 bits per heavy atom. The third-order valence-corrected chi connectivity index (χ3v) is 5.11.